The number of rotatable bonds is 11. The number of ether oxygens (including phenoxy) is 2. The standard InChI is InChI=1S/C32H49ClN8O3Si/c1-22(2)28-27(29(33)41(38-28)21-43-16-17-45(7,8)9)25-12-13-34-30(36-25)37-26-11-10-24(18-35-26)20-39-14-15-40(23(3)19-39)31(42)44-32(4,5)6/h10-13,18,22-23H,14-17,19-21H2,1-9H3,(H,34,35,36,37)/t23-/m0/s1. The third kappa shape index (κ3) is 9.96. The number of aromatic nitrogens is 5. The average molecular weight is 657 g/mol. The lowest BCUT2D eigenvalue weighted by molar-refractivity contribution is 0.000545. The highest BCUT2D eigenvalue weighted by Crippen LogP contribution is 2.34. The molecule has 4 heterocycles. The largest absolute Gasteiger partial charge is 0.444 e. The molecule has 1 amide bonds. The molecule has 3 aromatic heterocycles. The molecule has 1 fully saturated rings. The van der Waals surface area contributed by atoms with Gasteiger partial charge >= 0.3 is 6.09 Å². The molecule has 0 aromatic carbocycles. The summed E-state index contributed by atoms with van der Waals surface area (Å²) in [6.45, 7) is 22.8. The Morgan fingerprint density at radius 3 is 2.53 bits per heavy atom. The van der Waals surface area contributed by atoms with E-state index in [1.807, 2.05) is 50.1 Å². The highest BCUT2D eigenvalue weighted by Gasteiger charge is 2.31. The van der Waals surface area contributed by atoms with E-state index in [-0.39, 0.29) is 18.1 Å². The summed E-state index contributed by atoms with van der Waals surface area (Å²) in [5, 5.41) is 8.49. The van der Waals surface area contributed by atoms with Crippen molar-refractivity contribution in [2.75, 3.05) is 31.6 Å². The van der Waals surface area contributed by atoms with Crippen molar-refractivity contribution in [3.63, 3.8) is 0 Å². The third-order valence-electron chi connectivity index (χ3n) is 7.40. The first-order valence-electron chi connectivity index (χ1n) is 15.7. The quantitative estimate of drug-likeness (QED) is 0.172. The van der Waals surface area contributed by atoms with Gasteiger partial charge in [-0.05, 0) is 57.4 Å². The lowest BCUT2D eigenvalue weighted by Crippen LogP contribution is -2.54. The van der Waals surface area contributed by atoms with Crippen LogP contribution in [0.5, 0.6) is 0 Å². The predicted octanol–water partition coefficient (Wildman–Crippen LogP) is 7.01. The Bertz CT molecular complexity index is 1440. The van der Waals surface area contributed by atoms with Crippen molar-refractivity contribution >= 4 is 37.5 Å². The van der Waals surface area contributed by atoms with Crippen LogP contribution in [0.25, 0.3) is 11.3 Å². The Kier molecular flexibility index (Phi) is 11.3. The topological polar surface area (TPSA) is 111 Å². The minimum atomic E-state index is -1.19. The molecule has 13 heteroatoms. The van der Waals surface area contributed by atoms with Crippen LogP contribution in [0.1, 0.15) is 58.7 Å². The molecule has 3 aromatic rings. The maximum absolute atomic E-state index is 12.6. The summed E-state index contributed by atoms with van der Waals surface area (Å²) >= 11 is 6.85. The number of hydrogen-bond donors (Lipinski definition) is 1. The van der Waals surface area contributed by atoms with Crippen LogP contribution in [0, 0.1) is 0 Å². The fourth-order valence-electron chi connectivity index (χ4n) is 5.01. The van der Waals surface area contributed by atoms with E-state index in [2.05, 4.69) is 60.6 Å². The fraction of sp³-hybridized carbons (Fsp3) is 0.594. The number of anilines is 2. The molecule has 0 bridgehead atoms. The van der Waals surface area contributed by atoms with Crippen LogP contribution in [0.4, 0.5) is 16.6 Å². The van der Waals surface area contributed by atoms with Gasteiger partial charge in [0.05, 0.1) is 17.0 Å². The van der Waals surface area contributed by atoms with Crippen molar-refractivity contribution in [2.24, 2.45) is 0 Å². The molecular weight excluding hydrogens is 608 g/mol. The average Bonchev–Trinajstić information content (AvgIpc) is 3.27. The first-order valence-corrected chi connectivity index (χ1v) is 19.8. The van der Waals surface area contributed by atoms with E-state index in [9.17, 15) is 4.79 Å². The molecule has 1 N–H and O–H groups in total. The Hall–Kier alpha value is -3.06. The monoisotopic (exact) mass is 656 g/mol. The second-order valence-electron chi connectivity index (χ2n) is 14.3. The Morgan fingerprint density at radius 2 is 1.91 bits per heavy atom. The minimum Gasteiger partial charge on any atom is -0.444 e. The van der Waals surface area contributed by atoms with Crippen LogP contribution < -0.4 is 5.32 Å². The van der Waals surface area contributed by atoms with E-state index in [1.165, 1.54) is 0 Å². The third-order valence-corrected chi connectivity index (χ3v) is 9.48. The molecule has 0 aliphatic carbocycles. The summed E-state index contributed by atoms with van der Waals surface area (Å²) in [5.74, 6) is 1.20. The Labute approximate surface area is 273 Å². The highest BCUT2D eigenvalue weighted by atomic mass is 35.5. The van der Waals surface area contributed by atoms with Crippen LogP contribution in [0.15, 0.2) is 30.6 Å². The van der Waals surface area contributed by atoms with Crippen LogP contribution in [0.3, 0.4) is 0 Å². The van der Waals surface area contributed by atoms with Gasteiger partial charge in [0.1, 0.15) is 23.3 Å². The van der Waals surface area contributed by atoms with Crippen LogP contribution in [-0.2, 0) is 22.7 Å². The maximum atomic E-state index is 12.6. The molecule has 11 nitrogen and oxygen atoms in total. The molecule has 1 atom stereocenters. The summed E-state index contributed by atoms with van der Waals surface area (Å²) in [4.78, 5) is 30.5. The lowest BCUT2D eigenvalue weighted by atomic mass is 10.0. The number of nitrogens with zero attached hydrogens (tertiary/aromatic N) is 7. The molecule has 0 unspecified atom stereocenters. The van der Waals surface area contributed by atoms with Gasteiger partial charge in [-0.25, -0.2) is 24.4 Å². The van der Waals surface area contributed by atoms with Gasteiger partial charge in [0.15, 0.2) is 0 Å². The number of nitrogens with one attached hydrogen (secondary N) is 1. The van der Waals surface area contributed by atoms with Crippen molar-refractivity contribution in [3.05, 3.63) is 47.0 Å². The van der Waals surface area contributed by atoms with E-state index < -0.39 is 13.7 Å². The molecule has 0 spiro atoms. The summed E-state index contributed by atoms with van der Waals surface area (Å²) in [5.41, 5.74) is 2.92. The summed E-state index contributed by atoms with van der Waals surface area (Å²) < 4.78 is 13.2. The van der Waals surface area contributed by atoms with Gasteiger partial charge in [0.2, 0.25) is 5.95 Å². The number of hydrogen-bond acceptors (Lipinski definition) is 9. The zero-order chi connectivity index (χ0) is 32.9. The summed E-state index contributed by atoms with van der Waals surface area (Å²) in [7, 11) is -1.19. The summed E-state index contributed by atoms with van der Waals surface area (Å²) in [6.07, 6.45) is 3.31. The molecule has 1 saturated heterocycles. The molecule has 246 valence electrons. The van der Waals surface area contributed by atoms with Crippen molar-refractivity contribution in [1.29, 1.82) is 0 Å². The van der Waals surface area contributed by atoms with E-state index in [0.717, 1.165) is 42.5 Å². The predicted molar refractivity (Wildman–Crippen MR) is 182 cm³/mol. The SMILES string of the molecule is CC(C)c1nn(COCC[Si](C)(C)C)c(Cl)c1-c1ccnc(Nc2ccc(CN3CCN(C(=O)OC(C)(C)C)[C@@H](C)C3)cn2)n1. The number of pyridine rings is 1. The number of piperazine rings is 1. The zero-order valence-corrected chi connectivity index (χ0v) is 30.0. The molecule has 1 aliphatic rings. The van der Waals surface area contributed by atoms with Crippen molar-refractivity contribution < 1.29 is 14.3 Å². The molecule has 45 heavy (non-hydrogen) atoms. The van der Waals surface area contributed by atoms with Gasteiger partial charge < -0.3 is 19.7 Å². The number of amides is 1. The van der Waals surface area contributed by atoms with Crippen molar-refractivity contribution in [3.8, 4) is 11.3 Å². The van der Waals surface area contributed by atoms with Crippen molar-refractivity contribution in [1.82, 2.24) is 34.5 Å². The molecule has 0 saturated carbocycles. The number of halogens is 1. The maximum Gasteiger partial charge on any atom is 0.410 e. The van der Waals surface area contributed by atoms with E-state index >= 15 is 0 Å². The Morgan fingerprint density at radius 1 is 1.16 bits per heavy atom. The smallest absolute Gasteiger partial charge is 0.410 e. The molecule has 4 rings (SSSR count). The summed E-state index contributed by atoms with van der Waals surface area (Å²) in [6, 6.07) is 6.96. The normalized spacial score (nSPS) is 16.3. The molecular formula is C32H49ClN8O3Si. The van der Waals surface area contributed by atoms with Gasteiger partial charge in [0.25, 0.3) is 0 Å². The van der Waals surface area contributed by atoms with Gasteiger partial charge in [-0.2, -0.15) is 5.10 Å². The Balaban J connectivity index is 1.38. The second-order valence-corrected chi connectivity index (χ2v) is 20.2. The molecule has 0 radical (unpaired) electrons. The first kappa shape index (κ1) is 34.8. The van der Waals surface area contributed by atoms with E-state index in [0.29, 0.717) is 42.5 Å². The van der Waals surface area contributed by atoms with Gasteiger partial charge in [-0.1, -0.05) is 51.2 Å². The van der Waals surface area contributed by atoms with Crippen molar-refractivity contribution in [2.45, 2.75) is 98.1 Å². The lowest BCUT2D eigenvalue weighted by Gasteiger charge is -2.40. The van der Waals surface area contributed by atoms with Crippen LogP contribution >= 0.6 is 11.6 Å². The first-order chi connectivity index (χ1) is 21.1. The van der Waals surface area contributed by atoms with Gasteiger partial charge in [-0.15, -0.1) is 0 Å². The zero-order valence-electron chi connectivity index (χ0n) is 28.2. The van der Waals surface area contributed by atoms with Crippen LogP contribution in [0.2, 0.25) is 30.8 Å². The highest BCUT2D eigenvalue weighted by molar-refractivity contribution is 6.76. The van der Waals surface area contributed by atoms with E-state index in [1.54, 1.807) is 10.9 Å². The second kappa shape index (κ2) is 14.6. The molecule has 1 aliphatic heterocycles. The van der Waals surface area contributed by atoms with Gasteiger partial charge in [-0.3, -0.25) is 4.90 Å². The minimum absolute atomic E-state index is 0.0613. The number of carbonyl (C=O) groups excluding carboxylic acids is 1. The fourth-order valence-corrected chi connectivity index (χ4v) is 6.04. The van der Waals surface area contributed by atoms with Gasteiger partial charge in [0, 0.05) is 59.3 Å². The van der Waals surface area contributed by atoms with E-state index in [4.69, 9.17) is 31.2 Å². The van der Waals surface area contributed by atoms with Crippen LogP contribution in [-0.4, -0.2) is 86.6 Å². The number of carbonyl (C=O) groups is 1.